The van der Waals surface area contributed by atoms with Crippen molar-refractivity contribution in [3.63, 3.8) is 0 Å². The van der Waals surface area contributed by atoms with Gasteiger partial charge in [0.2, 0.25) is 0 Å². The zero-order valence-electron chi connectivity index (χ0n) is 21.7. The lowest BCUT2D eigenvalue weighted by molar-refractivity contribution is 0.441. The van der Waals surface area contributed by atoms with E-state index in [4.69, 9.17) is 5.41 Å². The number of nitrogens with one attached hydrogen (secondary N) is 1. The molecule has 0 aromatic heterocycles. The predicted octanol–water partition coefficient (Wildman–Crippen LogP) is 5.24. The third-order valence-corrected chi connectivity index (χ3v) is 8.35. The minimum absolute atomic E-state index is 0.150. The maximum Gasteiger partial charge on any atom is 0.298 e. The summed E-state index contributed by atoms with van der Waals surface area (Å²) < 4.78 is 68.3. The van der Waals surface area contributed by atoms with Crippen LogP contribution in [0.5, 0.6) is 5.75 Å². The minimum atomic E-state index is -5.02. The maximum absolute atomic E-state index is 12.5. The molecule has 0 aliphatic heterocycles. The zero-order valence-corrected chi connectivity index (χ0v) is 23.3. The molecule has 2 aromatic carbocycles. The van der Waals surface area contributed by atoms with Gasteiger partial charge in [-0.2, -0.15) is 16.8 Å². The SMILES string of the molecule is CCC1=C(CC)C(=C(c2ccc(N(CC)CC)cc2)c2cc(O)c(S(=O)(=O)O)cc2S(=O)(=O)O)C=CC1=N. The molecule has 0 amide bonds. The Labute approximate surface area is 223 Å². The van der Waals surface area contributed by atoms with Crippen molar-refractivity contribution in [2.45, 2.75) is 50.3 Å². The topological polar surface area (TPSA) is 156 Å². The summed E-state index contributed by atoms with van der Waals surface area (Å²) >= 11 is 0. The van der Waals surface area contributed by atoms with E-state index in [1.54, 1.807) is 24.3 Å². The third-order valence-electron chi connectivity index (χ3n) is 6.58. The molecule has 11 heteroatoms. The van der Waals surface area contributed by atoms with Gasteiger partial charge in [-0.3, -0.25) is 9.11 Å². The van der Waals surface area contributed by atoms with Gasteiger partial charge in [-0.25, -0.2) is 0 Å². The molecule has 0 saturated heterocycles. The summed E-state index contributed by atoms with van der Waals surface area (Å²) in [7, 11) is -10.0. The van der Waals surface area contributed by atoms with Gasteiger partial charge in [0.1, 0.15) is 15.5 Å². The van der Waals surface area contributed by atoms with Crippen molar-refractivity contribution in [1.82, 2.24) is 0 Å². The van der Waals surface area contributed by atoms with Crippen LogP contribution in [0.15, 0.2) is 75.1 Å². The maximum atomic E-state index is 12.5. The molecule has 1 aliphatic rings. The van der Waals surface area contributed by atoms with Gasteiger partial charge in [0.05, 0.1) is 5.71 Å². The van der Waals surface area contributed by atoms with Crippen molar-refractivity contribution < 1.29 is 31.0 Å². The minimum Gasteiger partial charge on any atom is -0.506 e. The Balaban J connectivity index is 2.52. The Morgan fingerprint density at radius 1 is 0.816 bits per heavy atom. The van der Waals surface area contributed by atoms with Gasteiger partial charge in [-0.1, -0.05) is 32.1 Å². The van der Waals surface area contributed by atoms with E-state index in [1.165, 1.54) is 0 Å². The fourth-order valence-electron chi connectivity index (χ4n) is 4.78. The molecule has 0 atom stereocenters. The van der Waals surface area contributed by atoms with Crippen molar-refractivity contribution in [2.75, 3.05) is 18.0 Å². The van der Waals surface area contributed by atoms with E-state index in [2.05, 4.69) is 4.90 Å². The van der Waals surface area contributed by atoms with Gasteiger partial charge in [0, 0.05) is 24.3 Å². The van der Waals surface area contributed by atoms with Crippen LogP contribution in [-0.4, -0.2) is 49.8 Å². The number of phenols is 1. The number of nitrogens with zero attached hydrogens (tertiary/aromatic N) is 1. The Hall–Kier alpha value is -3.25. The lowest BCUT2D eigenvalue weighted by atomic mass is 9.82. The molecule has 38 heavy (non-hydrogen) atoms. The molecule has 0 radical (unpaired) electrons. The number of phenolic OH excluding ortho intramolecular Hbond substituents is 1. The summed E-state index contributed by atoms with van der Waals surface area (Å²) in [6.07, 6.45) is 4.32. The summed E-state index contributed by atoms with van der Waals surface area (Å²) in [5, 5.41) is 18.9. The van der Waals surface area contributed by atoms with Gasteiger partial charge in [0.15, 0.2) is 0 Å². The first-order valence-electron chi connectivity index (χ1n) is 12.2. The van der Waals surface area contributed by atoms with Crippen molar-refractivity contribution in [1.29, 1.82) is 5.41 Å². The highest BCUT2D eigenvalue weighted by Gasteiger charge is 2.29. The first-order valence-corrected chi connectivity index (χ1v) is 15.1. The first-order chi connectivity index (χ1) is 17.8. The molecular weight excluding hydrogens is 528 g/mol. The average molecular weight is 561 g/mol. The Kier molecular flexibility index (Phi) is 8.67. The van der Waals surface area contributed by atoms with Crippen LogP contribution in [0.3, 0.4) is 0 Å². The molecule has 2 aromatic rings. The third kappa shape index (κ3) is 5.75. The number of aromatic hydroxyl groups is 1. The number of benzene rings is 2. The number of anilines is 1. The van der Waals surface area contributed by atoms with Gasteiger partial charge in [-0.05, 0) is 84.9 Å². The second kappa shape index (κ2) is 11.2. The van der Waals surface area contributed by atoms with Gasteiger partial charge < -0.3 is 15.4 Å². The van der Waals surface area contributed by atoms with Crippen LogP contribution in [0, 0.1) is 5.41 Å². The Bertz CT molecular complexity index is 1560. The summed E-state index contributed by atoms with van der Waals surface area (Å²) in [5.41, 5.74) is 4.07. The average Bonchev–Trinajstić information content (AvgIpc) is 2.84. The van der Waals surface area contributed by atoms with Crippen molar-refractivity contribution in [3.05, 3.63) is 76.4 Å². The highest BCUT2D eigenvalue weighted by Crippen LogP contribution is 2.42. The van der Waals surface area contributed by atoms with E-state index in [-0.39, 0.29) is 5.56 Å². The van der Waals surface area contributed by atoms with Gasteiger partial charge in [0.25, 0.3) is 20.2 Å². The molecule has 1 aliphatic carbocycles. The summed E-state index contributed by atoms with van der Waals surface area (Å²) in [4.78, 5) is 0.291. The van der Waals surface area contributed by atoms with E-state index >= 15 is 0 Å². The van der Waals surface area contributed by atoms with Crippen molar-refractivity contribution >= 4 is 37.2 Å². The molecule has 0 bridgehead atoms. The summed E-state index contributed by atoms with van der Waals surface area (Å²) in [6, 6.07) is 8.76. The Morgan fingerprint density at radius 3 is 1.84 bits per heavy atom. The molecular formula is C27H32N2O7S2. The number of rotatable bonds is 9. The van der Waals surface area contributed by atoms with Crippen LogP contribution in [0.2, 0.25) is 0 Å². The first kappa shape index (κ1) is 29.3. The largest absolute Gasteiger partial charge is 0.506 e. The van der Waals surface area contributed by atoms with E-state index in [1.807, 2.05) is 39.8 Å². The quantitative estimate of drug-likeness (QED) is 0.303. The highest BCUT2D eigenvalue weighted by atomic mass is 32.2. The lowest BCUT2D eigenvalue weighted by Crippen LogP contribution is -2.21. The van der Waals surface area contributed by atoms with E-state index in [9.17, 15) is 31.0 Å². The summed E-state index contributed by atoms with van der Waals surface area (Å²) in [6.45, 7) is 9.40. The van der Waals surface area contributed by atoms with Crippen LogP contribution in [0.25, 0.3) is 5.57 Å². The van der Waals surface area contributed by atoms with Crippen molar-refractivity contribution in [2.24, 2.45) is 0 Å². The zero-order chi connectivity index (χ0) is 28.4. The second-order valence-corrected chi connectivity index (χ2v) is 11.5. The Morgan fingerprint density at radius 2 is 1.37 bits per heavy atom. The second-order valence-electron chi connectivity index (χ2n) is 8.69. The van der Waals surface area contributed by atoms with Crippen LogP contribution in [0.4, 0.5) is 5.69 Å². The van der Waals surface area contributed by atoms with Crippen LogP contribution in [-0.2, 0) is 20.2 Å². The van der Waals surface area contributed by atoms with Gasteiger partial charge >= 0.3 is 0 Å². The molecule has 9 nitrogen and oxygen atoms in total. The van der Waals surface area contributed by atoms with E-state index < -0.39 is 35.8 Å². The molecule has 0 unspecified atom stereocenters. The molecule has 0 fully saturated rings. The number of allylic oxidation sites excluding steroid dienone is 5. The fourth-order valence-corrected chi connectivity index (χ4v) is 6.15. The normalized spacial score (nSPS) is 15.7. The smallest absolute Gasteiger partial charge is 0.298 e. The van der Waals surface area contributed by atoms with Crippen LogP contribution < -0.4 is 4.90 Å². The van der Waals surface area contributed by atoms with E-state index in [0.29, 0.717) is 41.3 Å². The van der Waals surface area contributed by atoms with Crippen molar-refractivity contribution in [3.8, 4) is 5.75 Å². The standard InChI is InChI=1S/C27H32N2O7S2/c1-5-19-20(6-2)23(28)14-13-21(19)27(17-9-11-18(12-10-17)29(7-3)8-4)22-15-24(30)26(38(34,35)36)16-25(22)37(31,32)33/h9-16,28,30H,5-8H2,1-4H3,(H,31,32,33)(H,34,35,36). The monoisotopic (exact) mass is 560 g/mol. The number of hydrogen-bond donors (Lipinski definition) is 4. The van der Waals surface area contributed by atoms with Gasteiger partial charge in [-0.15, -0.1) is 0 Å². The number of hydrogen-bond acceptors (Lipinski definition) is 7. The van der Waals surface area contributed by atoms with E-state index in [0.717, 1.165) is 36.0 Å². The molecule has 4 N–H and O–H groups in total. The van der Waals surface area contributed by atoms with Crippen LogP contribution in [0.1, 0.15) is 51.7 Å². The van der Waals surface area contributed by atoms with Crippen LogP contribution >= 0.6 is 0 Å². The summed E-state index contributed by atoms with van der Waals surface area (Å²) in [5.74, 6) is -0.877. The molecule has 204 valence electrons. The molecule has 3 rings (SSSR count). The lowest BCUT2D eigenvalue weighted by Gasteiger charge is -2.25. The molecule has 0 heterocycles. The molecule has 0 spiro atoms. The molecule has 0 saturated carbocycles. The highest BCUT2D eigenvalue weighted by molar-refractivity contribution is 7.86. The predicted molar refractivity (Wildman–Crippen MR) is 148 cm³/mol. The fraction of sp³-hybridized carbons (Fsp3) is 0.296.